The highest BCUT2D eigenvalue weighted by Gasteiger charge is 2.48. The first-order valence-corrected chi connectivity index (χ1v) is 7.45. The van der Waals surface area contributed by atoms with Crippen LogP contribution in [-0.4, -0.2) is 43.1 Å². The number of non-ortho nitro benzene ring substituents is 1. The molecule has 1 fully saturated rings. The summed E-state index contributed by atoms with van der Waals surface area (Å²) in [6, 6.07) is 5.98. The molecule has 0 unspecified atom stereocenters. The van der Waals surface area contributed by atoms with Gasteiger partial charge in [0, 0.05) is 24.7 Å². The number of rotatable bonds is 3. The van der Waals surface area contributed by atoms with E-state index in [1.165, 1.54) is 30.1 Å². The van der Waals surface area contributed by atoms with E-state index in [4.69, 9.17) is 12.2 Å². The van der Waals surface area contributed by atoms with Gasteiger partial charge in [-0.25, -0.2) is 0 Å². The monoisotopic (exact) mass is 325 g/mol. The Hall–Kier alpha value is -1.67. The Morgan fingerprint density at radius 3 is 2.62 bits per heavy atom. The van der Waals surface area contributed by atoms with E-state index in [1.54, 1.807) is 24.1 Å². The zero-order valence-corrected chi connectivity index (χ0v) is 13.5. The van der Waals surface area contributed by atoms with Crippen molar-refractivity contribution in [2.24, 2.45) is 0 Å². The summed E-state index contributed by atoms with van der Waals surface area (Å²) in [5.74, 6) is 0. The average molecular weight is 325 g/mol. The lowest BCUT2D eigenvalue weighted by atomic mass is 10.1. The highest BCUT2D eigenvalue weighted by atomic mass is 32.2. The standard InChI is InChI=1S/C13H15N3O3S2/c1-13(2)11(14(3)12(20)21-13)15(17)8-9-5-4-6-10(7-9)16(18)19/h4-8,11H,1-3H3/b15-8-/t11-/m0/s1. The molecule has 1 aromatic carbocycles. The molecule has 1 aliphatic rings. The van der Waals surface area contributed by atoms with E-state index in [2.05, 4.69) is 0 Å². The van der Waals surface area contributed by atoms with E-state index in [1.807, 2.05) is 13.8 Å². The molecule has 1 atom stereocenters. The van der Waals surface area contributed by atoms with Crippen molar-refractivity contribution in [1.82, 2.24) is 4.90 Å². The maximum atomic E-state index is 12.4. The first-order valence-electron chi connectivity index (χ1n) is 6.23. The predicted octanol–water partition coefficient (Wildman–Crippen LogP) is 2.59. The van der Waals surface area contributed by atoms with Gasteiger partial charge in [0.2, 0.25) is 0 Å². The van der Waals surface area contributed by atoms with Gasteiger partial charge in [0.25, 0.3) is 11.9 Å². The summed E-state index contributed by atoms with van der Waals surface area (Å²) in [7, 11) is 1.78. The number of thiocarbonyl (C=S) groups is 1. The predicted molar refractivity (Wildman–Crippen MR) is 87.7 cm³/mol. The lowest BCUT2D eigenvalue weighted by molar-refractivity contribution is -0.522. The molecule has 2 rings (SSSR count). The van der Waals surface area contributed by atoms with Crippen LogP contribution in [0.25, 0.3) is 0 Å². The summed E-state index contributed by atoms with van der Waals surface area (Å²) in [4.78, 5) is 12.0. The molecule has 1 aromatic rings. The maximum absolute atomic E-state index is 12.4. The molecule has 6 nitrogen and oxygen atoms in total. The van der Waals surface area contributed by atoms with E-state index in [-0.39, 0.29) is 10.4 Å². The lowest BCUT2D eigenvalue weighted by Crippen LogP contribution is -2.46. The second-order valence-corrected chi connectivity index (χ2v) is 7.59. The van der Waals surface area contributed by atoms with E-state index in [0.29, 0.717) is 9.88 Å². The molecule has 8 heteroatoms. The minimum atomic E-state index is -0.483. The molecule has 0 N–H and O–H groups in total. The average Bonchev–Trinajstić information content (AvgIpc) is 2.58. The van der Waals surface area contributed by atoms with Gasteiger partial charge >= 0.3 is 0 Å². The van der Waals surface area contributed by atoms with E-state index in [9.17, 15) is 15.3 Å². The summed E-state index contributed by atoms with van der Waals surface area (Å²) in [5.41, 5.74) is 0.451. The summed E-state index contributed by atoms with van der Waals surface area (Å²) in [6.45, 7) is 3.90. The van der Waals surface area contributed by atoms with Gasteiger partial charge in [0.1, 0.15) is 9.07 Å². The molecule has 0 radical (unpaired) electrons. The second-order valence-electron chi connectivity index (χ2n) is 5.30. The third-order valence-electron chi connectivity index (χ3n) is 3.23. The van der Waals surface area contributed by atoms with Crippen LogP contribution in [-0.2, 0) is 0 Å². The fourth-order valence-corrected chi connectivity index (χ4v) is 4.13. The van der Waals surface area contributed by atoms with Crippen molar-refractivity contribution in [3.8, 4) is 0 Å². The minimum absolute atomic E-state index is 0.0407. The Balaban J connectivity index is 2.35. The SMILES string of the molecule is CN1C(=S)SC(C)(C)[C@@H]1/[N+]([O-])=C/c1cccc([N+](=O)[O-])c1. The molecule has 112 valence electrons. The Morgan fingerprint density at radius 2 is 2.10 bits per heavy atom. The first-order chi connectivity index (χ1) is 9.72. The second kappa shape index (κ2) is 5.61. The third-order valence-corrected chi connectivity index (χ3v) is 4.96. The van der Waals surface area contributed by atoms with Crippen molar-refractivity contribution < 1.29 is 9.66 Å². The molecular formula is C13H15N3O3S2. The number of hydrogen-bond donors (Lipinski definition) is 0. The highest BCUT2D eigenvalue weighted by molar-refractivity contribution is 8.24. The number of benzene rings is 1. The Bertz CT molecular complexity index is 631. The van der Waals surface area contributed by atoms with Gasteiger partial charge in [-0.05, 0) is 19.9 Å². The van der Waals surface area contributed by atoms with Crippen LogP contribution in [0.4, 0.5) is 5.69 Å². The van der Waals surface area contributed by atoms with E-state index >= 15 is 0 Å². The van der Waals surface area contributed by atoms with Crippen molar-refractivity contribution in [3.05, 3.63) is 45.2 Å². The molecule has 0 amide bonds. The molecule has 1 saturated heterocycles. The summed E-state index contributed by atoms with van der Waals surface area (Å²) < 4.78 is 1.12. The molecule has 0 aliphatic carbocycles. The van der Waals surface area contributed by atoms with E-state index in [0.717, 1.165) is 4.74 Å². The van der Waals surface area contributed by atoms with E-state index < -0.39 is 11.1 Å². The van der Waals surface area contributed by atoms with Gasteiger partial charge in [-0.2, -0.15) is 4.74 Å². The molecule has 0 saturated carbocycles. The van der Waals surface area contributed by atoms with Gasteiger partial charge in [-0.1, -0.05) is 30.0 Å². The van der Waals surface area contributed by atoms with Crippen LogP contribution < -0.4 is 0 Å². The Kier molecular flexibility index (Phi) is 4.20. The Morgan fingerprint density at radius 1 is 1.43 bits per heavy atom. The topological polar surface area (TPSA) is 72.5 Å². The van der Waals surface area contributed by atoms with Crippen molar-refractivity contribution in [1.29, 1.82) is 0 Å². The van der Waals surface area contributed by atoms with Gasteiger partial charge in [0.05, 0.1) is 4.92 Å². The van der Waals surface area contributed by atoms with Crippen LogP contribution in [0.1, 0.15) is 19.4 Å². The van der Waals surface area contributed by atoms with Crippen LogP contribution in [0.3, 0.4) is 0 Å². The first kappa shape index (κ1) is 15.7. The number of hydrogen-bond acceptors (Lipinski definition) is 5. The maximum Gasteiger partial charge on any atom is 0.270 e. The quantitative estimate of drug-likeness (QED) is 0.212. The molecule has 1 aliphatic heterocycles. The van der Waals surface area contributed by atoms with Gasteiger partial charge in [-0.15, -0.1) is 0 Å². The minimum Gasteiger partial charge on any atom is -0.622 e. The third kappa shape index (κ3) is 3.16. The largest absolute Gasteiger partial charge is 0.622 e. The van der Waals surface area contributed by atoms with Gasteiger partial charge in [-0.3, -0.25) is 10.1 Å². The van der Waals surface area contributed by atoms with Crippen molar-refractivity contribution >= 4 is 40.2 Å². The zero-order valence-electron chi connectivity index (χ0n) is 11.8. The fraction of sp³-hybridized carbons (Fsp3) is 0.385. The molecular weight excluding hydrogens is 310 g/mol. The molecule has 0 spiro atoms. The summed E-state index contributed by atoms with van der Waals surface area (Å²) in [5, 5.41) is 23.2. The normalized spacial score (nSPS) is 21.7. The van der Waals surface area contributed by atoms with Crippen molar-refractivity contribution in [3.63, 3.8) is 0 Å². The zero-order chi connectivity index (χ0) is 15.8. The van der Waals surface area contributed by atoms with Crippen molar-refractivity contribution in [2.75, 3.05) is 7.05 Å². The van der Waals surface area contributed by atoms with Gasteiger partial charge in [0.15, 0.2) is 6.21 Å². The van der Waals surface area contributed by atoms with Crippen LogP contribution in [0.2, 0.25) is 0 Å². The molecule has 0 bridgehead atoms. The number of thioether (sulfide) groups is 1. The van der Waals surface area contributed by atoms with Crippen LogP contribution >= 0.6 is 24.0 Å². The van der Waals surface area contributed by atoms with Crippen LogP contribution in [0.5, 0.6) is 0 Å². The number of hydroxylamine groups is 1. The fourth-order valence-electron chi connectivity index (χ4n) is 2.33. The van der Waals surface area contributed by atoms with Crippen LogP contribution in [0.15, 0.2) is 24.3 Å². The molecule has 21 heavy (non-hydrogen) atoms. The number of nitro benzene ring substituents is 1. The number of nitro groups is 1. The summed E-state index contributed by atoms with van der Waals surface area (Å²) in [6.07, 6.45) is 0.916. The van der Waals surface area contributed by atoms with Gasteiger partial charge < -0.3 is 10.1 Å². The smallest absolute Gasteiger partial charge is 0.270 e. The number of nitrogens with zero attached hydrogens (tertiary/aromatic N) is 3. The van der Waals surface area contributed by atoms with Crippen molar-refractivity contribution in [2.45, 2.75) is 24.8 Å². The molecule has 1 heterocycles. The lowest BCUT2D eigenvalue weighted by Gasteiger charge is -2.27. The molecule has 0 aromatic heterocycles. The Labute approximate surface area is 132 Å². The highest BCUT2D eigenvalue weighted by Crippen LogP contribution is 2.40. The summed E-state index contributed by atoms with van der Waals surface area (Å²) >= 11 is 6.70. The van der Waals surface area contributed by atoms with Crippen LogP contribution in [0, 0.1) is 15.3 Å².